The number of sulfonamides is 1. The predicted octanol–water partition coefficient (Wildman–Crippen LogP) is 2.54. The molecule has 0 fully saturated rings. The molecule has 0 amide bonds. The number of benzene rings is 1. The third-order valence-electron chi connectivity index (χ3n) is 3.30. The van der Waals surface area contributed by atoms with Crippen LogP contribution in [0.1, 0.15) is 31.7 Å². The molecule has 1 aromatic rings. The Labute approximate surface area is 123 Å². The van der Waals surface area contributed by atoms with E-state index in [4.69, 9.17) is 0 Å². The normalized spacial score (nSPS) is 11.6. The Bertz CT molecular complexity index is 500. The van der Waals surface area contributed by atoms with Crippen molar-refractivity contribution in [3.05, 3.63) is 29.8 Å². The minimum Gasteiger partial charge on any atom is -0.317 e. The van der Waals surface area contributed by atoms with Gasteiger partial charge in [-0.3, -0.25) is 4.31 Å². The van der Waals surface area contributed by atoms with Crippen LogP contribution >= 0.6 is 0 Å². The maximum absolute atomic E-state index is 12.3. The molecule has 0 bridgehead atoms. The lowest BCUT2D eigenvalue weighted by atomic mass is 10.2. The fourth-order valence-corrected chi connectivity index (χ4v) is 3.39. The number of hydrogen-bond donors (Lipinski definition) is 1. The molecule has 0 aliphatic rings. The molecule has 1 N–H and O–H groups in total. The van der Waals surface area contributed by atoms with E-state index in [0.717, 1.165) is 37.2 Å². The van der Waals surface area contributed by atoms with Gasteiger partial charge < -0.3 is 5.32 Å². The first-order valence-electron chi connectivity index (χ1n) is 7.22. The highest BCUT2D eigenvalue weighted by molar-refractivity contribution is 7.92. The van der Waals surface area contributed by atoms with E-state index in [9.17, 15) is 8.42 Å². The quantitative estimate of drug-likeness (QED) is 0.713. The van der Waals surface area contributed by atoms with Crippen LogP contribution in [0.4, 0.5) is 5.69 Å². The van der Waals surface area contributed by atoms with Crippen LogP contribution in [-0.4, -0.2) is 34.3 Å². The molecule has 5 heteroatoms. The van der Waals surface area contributed by atoms with Crippen molar-refractivity contribution in [2.45, 2.75) is 33.1 Å². The fourth-order valence-electron chi connectivity index (χ4n) is 2.04. The van der Waals surface area contributed by atoms with Crippen LogP contribution in [-0.2, 0) is 10.0 Å². The van der Waals surface area contributed by atoms with Gasteiger partial charge in [-0.05, 0) is 50.9 Å². The standard InChI is InChI=1S/C15H26N2O2S/c1-4-11-16-12-7-8-13-20(18,19)17(3)15-10-6-5-9-14(15)2/h5-6,9-10,16H,4,7-8,11-13H2,1-3H3. The minimum absolute atomic E-state index is 0.200. The number of nitrogens with zero attached hydrogens (tertiary/aromatic N) is 1. The molecule has 0 aliphatic carbocycles. The Morgan fingerprint density at radius 2 is 1.85 bits per heavy atom. The van der Waals surface area contributed by atoms with E-state index in [0.29, 0.717) is 6.42 Å². The van der Waals surface area contributed by atoms with Crippen LogP contribution < -0.4 is 9.62 Å². The lowest BCUT2D eigenvalue weighted by Crippen LogP contribution is -2.30. The number of unbranched alkanes of at least 4 members (excludes halogenated alkanes) is 1. The van der Waals surface area contributed by atoms with Crippen LogP contribution in [0.5, 0.6) is 0 Å². The molecule has 0 saturated carbocycles. The molecule has 0 unspecified atom stereocenters. The van der Waals surface area contributed by atoms with E-state index in [1.807, 2.05) is 31.2 Å². The summed E-state index contributed by atoms with van der Waals surface area (Å²) in [5.41, 5.74) is 1.74. The van der Waals surface area contributed by atoms with Crippen LogP contribution in [0.15, 0.2) is 24.3 Å². The fraction of sp³-hybridized carbons (Fsp3) is 0.600. The van der Waals surface area contributed by atoms with Gasteiger partial charge in [-0.2, -0.15) is 0 Å². The SMILES string of the molecule is CCCNCCCCS(=O)(=O)N(C)c1ccccc1C. The molecule has 0 heterocycles. The summed E-state index contributed by atoms with van der Waals surface area (Å²) in [4.78, 5) is 0. The average Bonchev–Trinajstić information content (AvgIpc) is 2.42. The van der Waals surface area contributed by atoms with Gasteiger partial charge in [-0.15, -0.1) is 0 Å². The molecular formula is C15H26N2O2S. The van der Waals surface area contributed by atoms with Crippen molar-refractivity contribution in [3.8, 4) is 0 Å². The molecule has 0 spiro atoms. The predicted molar refractivity (Wildman–Crippen MR) is 85.8 cm³/mol. The number of nitrogens with one attached hydrogen (secondary N) is 1. The monoisotopic (exact) mass is 298 g/mol. The largest absolute Gasteiger partial charge is 0.317 e. The summed E-state index contributed by atoms with van der Waals surface area (Å²) >= 11 is 0. The molecule has 0 saturated heterocycles. The molecule has 0 atom stereocenters. The summed E-state index contributed by atoms with van der Waals surface area (Å²) in [5.74, 6) is 0.200. The van der Waals surface area contributed by atoms with Crippen molar-refractivity contribution in [2.24, 2.45) is 0 Å². The van der Waals surface area contributed by atoms with Crippen molar-refractivity contribution >= 4 is 15.7 Å². The van der Waals surface area contributed by atoms with Gasteiger partial charge in [-0.25, -0.2) is 8.42 Å². The van der Waals surface area contributed by atoms with Gasteiger partial charge in [0, 0.05) is 7.05 Å². The third-order valence-corrected chi connectivity index (χ3v) is 5.14. The third kappa shape index (κ3) is 5.13. The lowest BCUT2D eigenvalue weighted by Gasteiger charge is -2.21. The number of anilines is 1. The Morgan fingerprint density at radius 1 is 1.15 bits per heavy atom. The first-order chi connectivity index (χ1) is 9.49. The topological polar surface area (TPSA) is 49.4 Å². The summed E-state index contributed by atoms with van der Waals surface area (Å²) in [6.07, 6.45) is 2.68. The zero-order chi connectivity index (χ0) is 15.0. The Morgan fingerprint density at radius 3 is 2.50 bits per heavy atom. The molecular weight excluding hydrogens is 272 g/mol. The summed E-state index contributed by atoms with van der Waals surface area (Å²) < 4.78 is 26.0. The van der Waals surface area contributed by atoms with Gasteiger partial charge in [0.25, 0.3) is 0 Å². The van der Waals surface area contributed by atoms with E-state index < -0.39 is 10.0 Å². The summed E-state index contributed by atoms with van der Waals surface area (Å²) in [6.45, 7) is 5.93. The van der Waals surface area contributed by atoms with Crippen molar-refractivity contribution in [3.63, 3.8) is 0 Å². The highest BCUT2D eigenvalue weighted by atomic mass is 32.2. The van der Waals surface area contributed by atoms with Gasteiger partial charge in [0.2, 0.25) is 10.0 Å². The molecule has 0 aliphatic heterocycles. The Kier molecular flexibility index (Phi) is 7.02. The van der Waals surface area contributed by atoms with Gasteiger partial charge in [0.1, 0.15) is 0 Å². The average molecular weight is 298 g/mol. The minimum atomic E-state index is -3.22. The van der Waals surface area contributed by atoms with Gasteiger partial charge in [-0.1, -0.05) is 25.1 Å². The number of rotatable bonds is 9. The zero-order valence-corrected chi connectivity index (χ0v) is 13.5. The first kappa shape index (κ1) is 17.0. The van der Waals surface area contributed by atoms with Crippen molar-refractivity contribution < 1.29 is 8.42 Å². The van der Waals surface area contributed by atoms with Gasteiger partial charge >= 0.3 is 0 Å². The molecule has 4 nitrogen and oxygen atoms in total. The second kappa shape index (κ2) is 8.27. The van der Waals surface area contributed by atoms with Crippen LogP contribution in [0.3, 0.4) is 0 Å². The number of para-hydroxylation sites is 1. The molecule has 0 aromatic heterocycles. The molecule has 114 valence electrons. The second-order valence-corrected chi connectivity index (χ2v) is 7.15. The molecule has 0 radical (unpaired) electrons. The molecule has 1 aromatic carbocycles. The maximum Gasteiger partial charge on any atom is 0.234 e. The van der Waals surface area contributed by atoms with Crippen LogP contribution in [0.2, 0.25) is 0 Å². The zero-order valence-electron chi connectivity index (χ0n) is 12.7. The van der Waals surface area contributed by atoms with E-state index in [-0.39, 0.29) is 5.75 Å². The molecule has 20 heavy (non-hydrogen) atoms. The second-order valence-electron chi connectivity index (χ2n) is 5.03. The number of hydrogen-bond acceptors (Lipinski definition) is 3. The van der Waals surface area contributed by atoms with Gasteiger partial charge in [0.15, 0.2) is 0 Å². The van der Waals surface area contributed by atoms with Crippen molar-refractivity contribution in [1.82, 2.24) is 5.32 Å². The maximum atomic E-state index is 12.3. The van der Waals surface area contributed by atoms with Crippen molar-refractivity contribution in [1.29, 1.82) is 0 Å². The van der Waals surface area contributed by atoms with E-state index >= 15 is 0 Å². The van der Waals surface area contributed by atoms with Gasteiger partial charge in [0.05, 0.1) is 11.4 Å². The van der Waals surface area contributed by atoms with E-state index in [1.54, 1.807) is 7.05 Å². The first-order valence-corrected chi connectivity index (χ1v) is 8.83. The molecule has 1 rings (SSSR count). The smallest absolute Gasteiger partial charge is 0.234 e. The Hall–Kier alpha value is -1.07. The number of aryl methyl sites for hydroxylation is 1. The van der Waals surface area contributed by atoms with E-state index in [1.165, 1.54) is 4.31 Å². The summed E-state index contributed by atoms with van der Waals surface area (Å²) in [5, 5.41) is 3.28. The summed E-state index contributed by atoms with van der Waals surface area (Å²) in [7, 11) is -1.59. The van der Waals surface area contributed by atoms with Crippen LogP contribution in [0.25, 0.3) is 0 Å². The summed E-state index contributed by atoms with van der Waals surface area (Å²) in [6, 6.07) is 7.55. The van der Waals surface area contributed by atoms with E-state index in [2.05, 4.69) is 12.2 Å². The highest BCUT2D eigenvalue weighted by Crippen LogP contribution is 2.21. The van der Waals surface area contributed by atoms with Crippen LogP contribution in [0, 0.1) is 6.92 Å². The lowest BCUT2D eigenvalue weighted by molar-refractivity contribution is 0.584. The highest BCUT2D eigenvalue weighted by Gasteiger charge is 2.18. The van der Waals surface area contributed by atoms with Crippen molar-refractivity contribution in [2.75, 3.05) is 30.2 Å². The Balaban J connectivity index is 2.50.